The smallest absolute Gasteiger partial charge is 0.305 e. The van der Waals surface area contributed by atoms with E-state index in [4.69, 9.17) is 0 Å². The molecule has 2 unspecified atom stereocenters. The summed E-state index contributed by atoms with van der Waals surface area (Å²) in [6, 6.07) is 7.27. The Morgan fingerprint density at radius 1 is 1.10 bits per heavy atom. The number of carbonyl (C=O) groups is 2. The van der Waals surface area contributed by atoms with Crippen LogP contribution >= 0.6 is 11.3 Å². The zero-order chi connectivity index (χ0) is 20.6. The van der Waals surface area contributed by atoms with Crippen LogP contribution in [0, 0.1) is 0 Å². The zero-order valence-corrected chi connectivity index (χ0v) is 17.2. The van der Waals surface area contributed by atoms with Crippen molar-refractivity contribution < 1.29 is 9.59 Å². The Bertz CT molecular complexity index is 1250. The largest absolute Gasteiger partial charge is 0.323 e. The average molecular weight is 412 g/mol. The molecule has 2 atom stereocenters. The number of carbonyl (C=O) groups excluding carboxylic acids is 2. The van der Waals surface area contributed by atoms with Crippen LogP contribution in [0.1, 0.15) is 25.6 Å². The Morgan fingerprint density at radius 2 is 1.83 bits per heavy atom. The lowest BCUT2D eigenvalue weighted by atomic mass is 10.1. The van der Waals surface area contributed by atoms with E-state index in [-0.39, 0.29) is 23.5 Å². The summed E-state index contributed by atoms with van der Waals surface area (Å²) >= 11 is 1.17. The van der Waals surface area contributed by atoms with Crippen LogP contribution < -0.4 is 25.2 Å². The lowest BCUT2D eigenvalue weighted by Gasteiger charge is -2.27. The molecule has 2 aromatic rings. The van der Waals surface area contributed by atoms with E-state index in [1.165, 1.54) is 25.7 Å². The van der Waals surface area contributed by atoms with Crippen molar-refractivity contribution in [2.75, 3.05) is 19.0 Å². The maximum absolute atomic E-state index is 13.5. The first-order valence-electron chi connectivity index (χ1n) is 9.34. The van der Waals surface area contributed by atoms with Gasteiger partial charge in [-0.25, -0.2) is 4.79 Å². The molecule has 9 nitrogen and oxygen atoms in total. The van der Waals surface area contributed by atoms with E-state index >= 15 is 0 Å². The quantitative estimate of drug-likeness (QED) is 0.704. The third kappa shape index (κ3) is 2.20. The van der Waals surface area contributed by atoms with Gasteiger partial charge in [0.2, 0.25) is 4.80 Å². The Balaban J connectivity index is 1.80. The Kier molecular flexibility index (Phi) is 3.66. The van der Waals surface area contributed by atoms with Crippen molar-refractivity contribution in [2.24, 2.45) is 5.10 Å². The molecule has 1 N–H and O–H groups in total. The van der Waals surface area contributed by atoms with Crippen LogP contribution in [0.25, 0.3) is 5.57 Å². The molecule has 5 rings (SSSR count). The fraction of sp³-hybridized carbons (Fsp3) is 0.368. The summed E-state index contributed by atoms with van der Waals surface area (Å²) in [6.45, 7) is 3.89. The number of aromatic nitrogens is 1. The predicted molar refractivity (Wildman–Crippen MR) is 108 cm³/mol. The number of anilines is 1. The van der Waals surface area contributed by atoms with Gasteiger partial charge in [-0.2, -0.15) is 0 Å². The van der Waals surface area contributed by atoms with E-state index in [9.17, 15) is 14.4 Å². The molecule has 3 aliphatic rings. The molecule has 29 heavy (non-hydrogen) atoms. The minimum absolute atomic E-state index is 0.0403. The van der Waals surface area contributed by atoms with E-state index in [0.29, 0.717) is 14.9 Å². The summed E-state index contributed by atoms with van der Waals surface area (Å²) < 4.78 is 1.87. The average Bonchev–Trinajstić information content (AvgIpc) is 3.25. The van der Waals surface area contributed by atoms with Gasteiger partial charge in [0.1, 0.15) is 4.53 Å². The van der Waals surface area contributed by atoms with Gasteiger partial charge in [0, 0.05) is 25.7 Å². The highest BCUT2D eigenvalue weighted by atomic mass is 32.1. The van der Waals surface area contributed by atoms with Gasteiger partial charge in [0.15, 0.2) is 12.3 Å². The molecule has 1 saturated heterocycles. The molecule has 1 aromatic heterocycles. The molecule has 3 aliphatic heterocycles. The molecule has 0 aliphatic carbocycles. The number of hydrogen-bond acceptors (Lipinski definition) is 6. The van der Waals surface area contributed by atoms with Crippen LogP contribution in [0.3, 0.4) is 0 Å². The molecule has 0 spiro atoms. The van der Waals surface area contributed by atoms with Gasteiger partial charge >= 0.3 is 6.03 Å². The molecule has 0 radical (unpaired) electrons. The second-order valence-electron chi connectivity index (χ2n) is 7.65. The van der Waals surface area contributed by atoms with E-state index in [1.807, 2.05) is 38.1 Å². The first-order chi connectivity index (χ1) is 13.8. The van der Waals surface area contributed by atoms with Crippen molar-refractivity contribution >= 4 is 34.5 Å². The number of thiazole rings is 1. The number of nitrogens with one attached hydrogen (secondary N) is 1. The number of likely N-dealkylation sites (N-methyl/N-ethyl adjacent to an activating group) is 2. The number of nitrogens with zero attached hydrogens (tertiary/aromatic N) is 5. The minimum Gasteiger partial charge on any atom is -0.305 e. The molecule has 1 aromatic carbocycles. The van der Waals surface area contributed by atoms with E-state index in [2.05, 4.69) is 10.5 Å². The van der Waals surface area contributed by atoms with Crippen LogP contribution in [0.15, 0.2) is 34.2 Å². The summed E-state index contributed by atoms with van der Waals surface area (Å²) in [5.41, 5.74) is 4.62. The van der Waals surface area contributed by atoms with Crippen molar-refractivity contribution in [3.05, 3.63) is 49.5 Å². The fourth-order valence-electron chi connectivity index (χ4n) is 4.30. The van der Waals surface area contributed by atoms with Crippen molar-refractivity contribution in [1.29, 1.82) is 0 Å². The van der Waals surface area contributed by atoms with Crippen molar-refractivity contribution in [3.63, 3.8) is 0 Å². The highest BCUT2D eigenvalue weighted by Gasteiger charge is 2.46. The molecule has 150 valence electrons. The first kappa shape index (κ1) is 17.9. The SMILES string of the molecule is CC(C)N1C(=O)/C(=c2\sc3n(c2=O)C2C(NN=3)N(C)C(=O)N2C)c2ccccc21. The second-order valence-corrected chi connectivity index (χ2v) is 8.63. The van der Waals surface area contributed by atoms with Crippen molar-refractivity contribution in [2.45, 2.75) is 32.2 Å². The number of fused-ring (bicyclic) bond motifs is 4. The molecular weight excluding hydrogens is 392 g/mol. The monoisotopic (exact) mass is 412 g/mol. The number of amides is 3. The van der Waals surface area contributed by atoms with Crippen LogP contribution in [0.5, 0.6) is 0 Å². The van der Waals surface area contributed by atoms with E-state index < -0.39 is 12.3 Å². The normalized spacial score (nSPS) is 24.5. The molecule has 1 fully saturated rings. The molecule has 0 bridgehead atoms. The summed E-state index contributed by atoms with van der Waals surface area (Å²) in [5, 5.41) is 4.32. The summed E-state index contributed by atoms with van der Waals surface area (Å²) in [5.74, 6) is -0.185. The van der Waals surface area contributed by atoms with E-state index in [1.54, 1.807) is 19.0 Å². The van der Waals surface area contributed by atoms with Crippen LogP contribution in [0.2, 0.25) is 0 Å². The second kappa shape index (κ2) is 5.93. The highest BCUT2D eigenvalue weighted by molar-refractivity contribution is 7.07. The highest BCUT2D eigenvalue weighted by Crippen LogP contribution is 2.36. The number of urea groups is 1. The summed E-state index contributed by atoms with van der Waals surface area (Å²) in [6.07, 6.45) is -0.963. The van der Waals surface area contributed by atoms with Crippen LogP contribution in [0.4, 0.5) is 10.5 Å². The van der Waals surface area contributed by atoms with Gasteiger partial charge in [0.25, 0.3) is 11.5 Å². The first-order valence-corrected chi connectivity index (χ1v) is 10.2. The predicted octanol–water partition coefficient (Wildman–Crippen LogP) is -0.176. The third-order valence-corrected chi connectivity index (χ3v) is 6.73. The minimum atomic E-state index is -0.522. The molecular formula is C19H20N6O3S. The lowest BCUT2D eigenvalue weighted by molar-refractivity contribution is -0.113. The maximum Gasteiger partial charge on any atom is 0.323 e. The van der Waals surface area contributed by atoms with Crippen LogP contribution in [-0.2, 0) is 4.79 Å². The standard InChI is InChI=1S/C19H20N6O3S/c1-9(2)24-11-8-6-5-7-10(11)12(16(24)26)13-17(27)25-15-14(20-21-18(25)29-13)22(3)19(28)23(15)4/h5-9,14-15,20H,1-4H3/b13-12-. The Hall–Kier alpha value is -3.14. The summed E-state index contributed by atoms with van der Waals surface area (Å²) in [4.78, 5) is 44.3. The number of para-hydroxylation sites is 1. The Morgan fingerprint density at radius 3 is 2.55 bits per heavy atom. The van der Waals surface area contributed by atoms with Crippen LogP contribution in [-0.4, -0.2) is 52.6 Å². The van der Waals surface area contributed by atoms with Crippen molar-refractivity contribution in [3.8, 4) is 0 Å². The number of rotatable bonds is 1. The Labute approximate surface area is 170 Å². The molecule has 10 heteroatoms. The number of benzene rings is 1. The van der Waals surface area contributed by atoms with Gasteiger partial charge in [-0.05, 0) is 19.9 Å². The van der Waals surface area contributed by atoms with E-state index in [0.717, 1.165) is 11.3 Å². The zero-order valence-electron chi connectivity index (χ0n) is 16.4. The van der Waals surface area contributed by atoms with Gasteiger partial charge in [-0.3, -0.25) is 19.6 Å². The molecule has 4 heterocycles. The number of hydrogen-bond donors (Lipinski definition) is 1. The third-order valence-electron chi connectivity index (χ3n) is 5.68. The van der Waals surface area contributed by atoms with Gasteiger partial charge in [-0.15, -0.1) is 5.10 Å². The van der Waals surface area contributed by atoms with Gasteiger partial charge in [0.05, 0.1) is 11.3 Å². The fourth-order valence-corrected chi connectivity index (χ4v) is 5.36. The van der Waals surface area contributed by atoms with Gasteiger partial charge in [-0.1, -0.05) is 29.5 Å². The van der Waals surface area contributed by atoms with Crippen molar-refractivity contribution in [1.82, 2.24) is 19.8 Å². The molecule has 3 amide bonds. The summed E-state index contributed by atoms with van der Waals surface area (Å²) in [7, 11) is 3.33. The van der Waals surface area contributed by atoms with Gasteiger partial charge < -0.3 is 14.7 Å². The topological polar surface area (TPSA) is 90.2 Å². The maximum atomic E-state index is 13.5. The molecule has 0 saturated carbocycles. The lowest BCUT2D eigenvalue weighted by Crippen LogP contribution is -2.52.